The van der Waals surface area contributed by atoms with E-state index in [9.17, 15) is 17.3 Å². The van der Waals surface area contributed by atoms with Crippen LogP contribution in [0.2, 0.25) is 0 Å². The van der Waals surface area contributed by atoms with Gasteiger partial charge in [0, 0.05) is 0 Å². The van der Waals surface area contributed by atoms with Gasteiger partial charge in [0.15, 0.2) is 78.3 Å². The minimum Gasteiger partial charge on any atom is -0.867 e. The topological polar surface area (TPSA) is 184 Å². The second kappa shape index (κ2) is 73.2. The SMILES string of the molecule is CC[S+](c1ccccc1)c1ccccc1.CC[S+](c1ccccc1)c1ccccc1.CC[S+](c1ccccc1)c1ccccc1.CC[S+](c1ccccc1)c1ccccc1.CC[S+](c1ccccc1)c1ccccc1.CC[S+](c1ccccc1)c1ccccc1.CC[S+](c1ccccc1)c1ccccc1.CC[S+](c1ccccc1)c1ccccc1.[O-]B([O-])F.[O-]B([O-])F.[O-]B([O-])F.[O-]B([O-])F. The van der Waals surface area contributed by atoms with E-state index in [4.69, 9.17) is 40.2 Å². The Kier molecular flexibility index (Phi) is 62.7. The minimum atomic E-state index is -3.17. The number of halogens is 4. The van der Waals surface area contributed by atoms with Crippen molar-refractivity contribution < 1.29 is 57.5 Å². The van der Waals surface area contributed by atoms with Gasteiger partial charge in [0.05, 0.1) is 87.2 Å². The highest BCUT2D eigenvalue weighted by molar-refractivity contribution is 7.99. The first kappa shape index (κ1) is 116. The van der Waals surface area contributed by atoms with Gasteiger partial charge < -0.3 is 57.5 Å². The lowest BCUT2D eigenvalue weighted by atomic mass is 10.3. The molecular formula is C112H120B4F4O8S8. The Balaban J connectivity index is 0.000000268. The van der Waals surface area contributed by atoms with Crippen LogP contribution in [0.4, 0.5) is 17.3 Å². The normalized spacial score (nSPS) is 10.1. The van der Waals surface area contributed by atoms with Gasteiger partial charge in [-0.15, -0.1) is 0 Å². The highest BCUT2D eigenvalue weighted by Crippen LogP contribution is 2.30. The van der Waals surface area contributed by atoms with Gasteiger partial charge in [-0.05, 0) is 250 Å². The number of hydrogen-bond acceptors (Lipinski definition) is 8. The summed E-state index contributed by atoms with van der Waals surface area (Å²) in [6.07, 6.45) is 0. The quantitative estimate of drug-likeness (QED) is 0.0325. The van der Waals surface area contributed by atoms with E-state index in [1.807, 2.05) is 0 Å². The zero-order valence-electron chi connectivity index (χ0n) is 78.2. The maximum absolute atomic E-state index is 9.89. The number of benzene rings is 16. The Hall–Kier alpha value is -10.0. The molecular weight excluding hydrogens is 1850 g/mol. The second-order valence-corrected chi connectivity index (χ2v) is 46.0. The lowest BCUT2D eigenvalue weighted by Gasteiger charge is -2.09. The zero-order valence-corrected chi connectivity index (χ0v) is 84.7. The standard InChI is InChI=1S/8C14H15S.4BFO2/c8*1-2-15(13-9-5-3-6-10-13)14-11-7-4-8-12-14;4*2-1(3)4/h8*3-12H,2H2,1H3;;;;/q8*+1;4*-2. The molecule has 16 rings (SSSR count). The molecule has 0 saturated heterocycles. The smallest absolute Gasteiger partial charge is 0.160 e. The first-order valence-electron chi connectivity index (χ1n) is 44.6. The molecule has 0 fully saturated rings. The van der Waals surface area contributed by atoms with Crippen molar-refractivity contribution in [1.29, 1.82) is 0 Å². The van der Waals surface area contributed by atoms with Gasteiger partial charge in [-0.25, -0.2) is 0 Å². The van der Waals surface area contributed by atoms with Crippen molar-refractivity contribution in [1.82, 2.24) is 0 Å². The van der Waals surface area contributed by atoms with Gasteiger partial charge in [0.2, 0.25) is 0 Å². The van der Waals surface area contributed by atoms with Crippen LogP contribution in [0, 0.1) is 0 Å². The molecule has 0 aliphatic carbocycles. The van der Waals surface area contributed by atoms with Crippen molar-refractivity contribution in [2.24, 2.45) is 0 Å². The Morgan fingerprint density at radius 1 is 0.125 bits per heavy atom. The van der Waals surface area contributed by atoms with Gasteiger partial charge in [0.25, 0.3) is 0 Å². The van der Waals surface area contributed by atoms with Crippen LogP contribution in [-0.4, -0.2) is 75.6 Å². The summed E-state index contributed by atoms with van der Waals surface area (Å²) >= 11 is 0. The molecule has 704 valence electrons. The van der Waals surface area contributed by atoms with Crippen molar-refractivity contribution >= 4 is 117 Å². The first-order valence-corrected chi connectivity index (χ1v) is 55.7. The van der Waals surface area contributed by atoms with Gasteiger partial charge >= 0.3 is 0 Å². The molecule has 16 aromatic rings. The third-order valence-corrected chi connectivity index (χ3v) is 36.8. The molecule has 0 radical (unpaired) electrons. The molecule has 0 aromatic heterocycles. The Bertz CT molecular complexity index is 4120. The molecule has 0 aliphatic heterocycles. The molecule has 0 saturated carbocycles. The van der Waals surface area contributed by atoms with E-state index < -0.39 is 29.6 Å². The van der Waals surface area contributed by atoms with Crippen LogP contribution in [-0.2, 0) is 87.2 Å². The molecule has 0 aliphatic rings. The van der Waals surface area contributed by atoms with Gasteiger partial charge in [-0.3, -0.25) is 0 Å². The largest absolute Gasteiger partial charge is 0.867 e. The zero-order chi connectivity index (χ0) is 98.4. The van der Waals surface area contributed by atoms with Crippen molar-refractivity contribution in [2.45, 2.75) is 134 Å². The Morgan fingerprint density at radius 2 is 0.169 bits per heavy atom. The van der Waals surface area contributed by atoms with E-state index in [2.05, 4.69) is 541 Å². The van der Waals surface area contributed by atoms with Crippen LogP contribution >= 0.6 is 0 Å². The van der Waals surface area contributed by atoms with Crippen molar-refractivity contribution in [3.05, 3.63) is 485 Å². The Labute approximate surface area is 832 Å². The fraction of sp³-hybridized carbons (Fsp3) is 0.143. The van der Waals surface area contributed by atoms with E-state index >= 15 is 0 Å². The maximum atomic E-state index is 9.89. The highest BCUT2D eigenvalue weighted by atomic mass is 32.2. The maximum Gasteiger partial charge on any atom is 0.160 e. The van der Waals surface area contributed by atoms with E-state index in [1.54, 1.807) is 0 Å². The molecule has 0 unspecified atom stereocenters. The first-order chi connectivity index (χ1) is 66.2. The summed E-state index contributed by atoms with van der Waals surface area (Å²) in [5.41, 5.74) is 0. The Morgan fingerprint density at radius 3 is 0.206 bits per heavy atom. The van der Waals surface area contributed by atoms with E-state index in [0.717, 1.165) is 0 Å². The predicted molar refractivity (Wildman–Crippen MR) is 566 cm³/mol. The van der Waals surface area contributed by atoms with Crippen LogP contribution in [0.25, 0.3) is 0 Å². The van der Waals surface area contributed by atoms with E-state index in [-0.39, 0.29) is 87.2 Å². The summed E-state index contributed by atoms with van der Waals surface area (Å²) in [7, 11) is -10.7. The molecule has 0 amide bonds. The number of rotatable bonds is 24. The van der Waals surface area contributed by atoms with E-state index in [0.29, 0.717) is 0 Å². The summed E-state index contributed by atoms with van der Waals surface area (Å²) in [5.74, 6) is 9.40. The molecule has 24 heteroatoms. The summed E-state index contributed by atoms with van der Waals surface area (Å²) in [5, 5.41) is 66.4. The molecule has 0 spiro atoms. The predicted octanol–water partition coefficient (Wildman–Crippen LogP) is 20.6. The molecule has 136 heavy (non-hydrogen) atoms. The second-order valence-electron chi connectivity index (χ2n) is 27.5. The van der Waals surface area contributed by atoms with Gasteiger partial charge in [-0.2, -0.15) is 0 Å². The summed E-state index contributed by atoms with van der Waals surface area (Å²) in [6, 6.07) is 172. The molecule has 0 N–H and O–H groups in total. The van der Waals surface area contributed by atoms with Crippen LogP contribution in [0.3, 0.4) is 0 Å². The third-order valence-electron chi connectivity index (χ3n) is 18.8. The molecule has 0 heterocycles. The monoisotopic (exact) mass is 1970 g/mol. The lowest BCUT2D eigenvalue weighted by Crippen LogP contribution is -2.39. The number of hydrogen-bond donors (Lipinski definition) is 0. The summed E-state index contributed by atoms with van der Waals surface area (Å²) in [4.78, 5) is 23.0. The molecule has 8 nitrogen and oxygen atoms in total. The minimum absolute atomic E-state index is 0.242. The van der Waals surface area contributed by atoms with E-state index in [1.165, 1.54) is 124 Å². The van der Waals surface area contributed by atoms with Crippen molar-refractivity contribution in [2.75, 3.05) is 46.0 Å². The van der Waals surface area contributed by atoms with Crippen LogP contribution in [0.5, 0.6) is 0 Å². The van der Waals surface area contributed by atoms with Gasteiger partial charge in [-0.1, -0.05) is 291 Å². The summed E-state index contributed by atoms with van der Waals surface area (Å²) < 4.78 is 39.6. The lowest BCUT2D eigenvalue weighted by molar-refractivity contribution is -0.368. The average molecular weight is 1970 g/mol. The van der Waals surface area contributed by atoms with Crippen LogP contribution < -0.4 is 40.2 Å². The van der Waals surface area contributed by atoms with Crippen molar-refractivity contribution in [3.63, 3.8) is 0 Å². The van der Waals surface area contributed by atoms with Gasteiger partial charge in [0.1, 0.15) is 75.6 Å². The molecule has 0 atom stereocenters. The third kappa shape index (κ3) is 47.8. The fourth-order valence-electron chi connectivity index (χ4n) is 13.1. The average Bonchev–Trinajstić information content (AvgIpc) is 0.900. The summed E-state index contributed by atoms with van der Waals surface area (Å²) in [6.45, 7) is 18.0. The highest BCUT2D eigenvalue weighted by Gasteiger charge is 2.29. The van der Waals surface area contributed by atoms with Crippen molar-refractivity contribution in [3.8, 4) is 0 Å². The molecule has 0 bridgehead atoms. The van der Waals surface area contributed by atoms with Crippen LogP contribution in [0.15, 0.2) is 564 Å². The van der Waals surface area contributed by atoms with Crippen LogP contribution in [0.1, 0.15) is 55.4 Å². The molecule has 16 aromatic carbocycles. The fourth-order valence-corrected chi connectivity index (χ4v) is 28.4.